The highest BCUT2D eigenvalue weighted by atomic mass is 32.1. The fraction of sp³-hybridized carbons (Fsp3) is 0.111. The summed E-state index contributed by atoms with van der Waals surface area (Å²) in [6.07, 6.45) is 0.777. The first-order chi connectivity index (χ1) is 11.3. The molecule has 0 spiro atoms. The lowest BCUT2D eigenvalue weighted by atomic mass is 10.2. The summed E-state index contributed by atoms with van der Waals surface area (Å²) in [5.74, 6) is 1.13. The zero-order chi connectivity index (χ0) is 16.1. The summed E-state index contributed by atoms with van der Waals surface area (Å²) >= 11 is 1.59. The summed E-state index contributed by atoms with van der Waals surface area (Å²) in [6, 6.07) is 15.1. The van der Waals surface area contributed by atoms with Crippen molar-refractivity contribution in [2.24, 2.45) is 0 Å². The number of methoxy groups -OCH3 is 1. The van der Waals surface area contributed by atoms with Crippen LogP contribution in [0, 0.1) is 0 Å². The van der Waals surface area contributed by atoms with E-state index in [1.807, 2.05) is 35.7 Å². The minimum absolute atomic E-state index is 0.347. The molecular weight excluding hydrogens is 310 g/mol. The molecule has 0 N–H and O–H groups in total. The van der Waals surface area contributed by atoms with E-state index >= 15 is 0 Å². The normalized spacial score (nSPS) is 10.3. The molecule has 1 aromatic heterocycles. The Balaban J connectivity index is 1.72. The van der Waals surface area contributed by atoms with Crippen molar-refractivity contribution >= 4 is 17.6 Å². The minimum Gasteiger partial charge on any atom is -0.493 e. The number of benzene rings is 2. The maximum absolute atomic E-state index is 10.8. The smallest absolute Gasteiger partial charge is 0.161 e. The fourth-order valence-electron chi connectivity index (χ4n) is 2.12. The molecule has 0 fully saturated rings. The zero-order valence-corrected chi connectivity index (χ0v) is 13.4. The molecule has 1 heterocycles. The first-order valence-electron chi connectivity index (χ1n) is 7.06. The van der Waals surface area contributed by atoms with E-state index in [-0.39, 0.29) is 0 Å². The second-order valence-corrected chi connectivity index (χ2v) is 5.68. The third-order valence-electron chi connectivity index (χ3n) is 3.27. The van der Waals surface area contributed by atoms with Crippen LogP contribution in [-0.4, -0.2) is 18.4 Å². The monoisotopic (exact) mass is 325 g/mol. The Bertz CT molecular complexity index is 799. The van der Waals surface area contributed by atoms with Crippen LogP contribution < -0.4 is 9.47 Å². The van der Waals surface area contributed by atoms with Crippen molar-refractivity contribution < 1.29 is 14.3 Å². The van der Waals surface area contributed by atoms with Gasteiger partial charge in [0, 0.05) is 16.5 Å². The standard InChI is InChI=1S/C18H15NO3S/c1-21-17-9-13(10-20)7-8-16(17)22-11-15-12-23-18(19-15)14-5-3-2-4-6-14/h2-10,12H,11H2,1H3. The average molecular weight is 325 g/mol. The average Bonchev–Trinajstić information content (AvgIpc) is 3.09. The van der Waals surface area contributed by atoms with Gasteiger partial charge in [-0.05, 0) is 18.2 Å². The van der Waals surface area contributed by atoms with Gasteiger partial charge in [-0.25, -0.2) is 4.98 Å². The quantitative estimate of drug-likeness (QED) is 0.637. The molecule has 23 heavy (non-hydrogen) atoms. The minimum atomic E-state index is 0.347. The van der Waals surface area contributed by atoms with Crippen molar-refractivity contribution in [1.82, 2.24) is 4.98 Å². The number of hydrogen-bond acceptors (Lipinski definition) is 5. The molecule has 0 bridgehead atoms. The van der Waals surface area contributed by atoms with Gasteiger partial charge in [0.1, 0.15) is 17.9 Å². The van der Waals surface area contributed by atoms with E-state index in [1.54, 1.807) is 36.6 Å². The second kappa shape index (κ2) is 7.07. The molecule has 0 atom stereocenters. The van der Waals surface area contributed by atoms with Crippen molar-refractivity contribution in [2.75, 3.05) is 7.11 Å². The molecule has 0 unspecified atom stereocenters. The molecule has 5 heteroatoms. The van der Waals surface area contributed by atoms with Gasteiger partial charge in [0.25, 0.3) is 0 Å². The van der Waals surface area contributed by atoms with Gasteiger partial charge in [0.05, 0.1) is 12.8 Å². The molecule has 3 aromatic rings. The molecule has 0 saturated heterocycles. The Labute approximate surface area is 138 Å². The fourth-order valence-corrected chi connectivity index (χ4v) is 2.93. The van der Waals surface area contributed by atoms with Crippen LogP contribution in [0.1, 0.15) is 16.1 Å². The van der Waals surface area contributed by atoms with Crippen LogP contribution in [0.25, 0.3) is 10.6 Å². The van der Waals surface area contributed by atoms with Crippen LogP contribution in [0.4, 0.5) is 0 Å². The first kappa shape index (κ1) is 15.2. The highest BCUT2D eigenvalue weighted by molar-refractivity contribution is 7.13. The largest absolute Gasteiger partial charge is 0.493 e. The molecule has 0 saturated carbocycles. The van der Waals surface area contributed by atoms with E-state index < -0.39 is 0 Å². The lowest BCUT2D eigenvalue weighted by Gasteiger charge is -2.09. The van der Waals surface area contributed by atoms with Crippen molar-refractivity contribution in [2.45, 2.75) is 6.61 Å². The zero-order valence-electron chi connectivity index (χ0n) is 12.6. The first-order valence-corrected chi connectivity index (χ1v) is 7.94. The summed E-state index contributed by atoms with van der Waals surface area (Å²) in [6.45, 7) is 0.347. The van der Waals surface area contributed by atoms with Crippen LogP contribution >= 0.6 is 11.3 Å². The van der Waals surface area contributed by atoms with Crippen LogP contribution in [0.2, 0.25) is 0 Å². The Kier molecular flexibility index (Phi) is 4.68. The van der Waals surface area contributed by atoms with Crippen molar-refractivity contribution in [3.8, 4) is 22.1 Å². The summed E-state index contributed by atoms with van der Waals surface area (Å²) in [4.78, 5) is 15.4. The second-order valence-electron chi connectivity index (χ2n) is 4.83. The lowest BCUT2D eigenvalue weighted by Crippen LogP contribution is -1.98. The van der Waals surface area contributed by atoms with Gasteiger partial charge in [-0.15, -0.1) is 11.3 Å². The van der Waals surface area contributed by atoms with Crippen molar-refractivity contribution in [3.63, 3.8) is 0 Å². The molecule has 0 aliphatic carbocycles. The Morgan fingerprint density at radius 2 is 1.96 bits per heavy atom. The third-order valence-corrected chi connectivity index (χ3v) is 4.21. The van der Waals surface area contributed by atoms with Gasteiger partial charge in [-0.2, -0.15) is 0 Å². The Morgan fingerprint density at radius 3 is 2.70 bits per heavy atom. The van der Waals surface area contributed by atoms with Gasteiger partial charge in [0.2, 0.25) is 0 Å². The molecule has 0 aliphatic heterocycles. The number of nitrogens with zero attached hydrogens (tertiary/aromatic N) is 1. The predicted octanol–water partition coefficient (Wildman–Crippen LogP) is 4.21. The van der Waals surface area contributed by atoms with Gasteiger partial charge in [-0.1, -0.05) is 30.3 Å². The van der Waals surface area contributed by atoms with Crippen LogP contribution in [-0.2, 0) is 6.61 Å². The van der Waals surface area contributed by atoms with E-state index in [2.05, 4.69) is 4.98 Å². The number of rotatable bonds is 6. The van der Waals surface area contributed by atoms with Gasteiger partial charge < -0.3 is 9.47 Å². The van der Waals surface area contributed by atoms with Crippen molar-refractivity contribution in [3.05, 3.63) is 65.2 Å². The number of aromatic nitrogens is 1. The molecule has 116 valence electrons. The Morgan fingerprint density at radius 1 is 1.13 bits per heavy atom. The van der Waals surface area contributed by atoms with Gasteiger partial charge in [-0.3, -0.25) is 4.79 Å². The van der Waals surface area contributed by atoms with E-state index in [0.717, 1.165) is 22.6 Å². The molecule has 0 radical (unpaired) electrons. The number of carbonyl (C=O) groups is 1. The highest BCUT2D eigenvalue weighted by Gasteiger charge is 2.08. The van der Waals surface area contributed by atoms with E-state index in [1.165, 1.54) is 0 Å². The lowest BCUT2D eigenvalue weighted by molar-refractivity contribution is 0.112. The third kappa shape index (κ3) is 3.57. The molecule has 0 aliphatic rings. The van der Waals surface area contributed by atoms with Gasteiger partial charge in [0.15, 0.2) is 11.5 Å². The van der Waals surface area contributed by atoms with E-state index in [9.17, 15) is 4.79 Å². The molecule has 0 amide bonds. The van der Waals surface area contributed by atoms with Crippen LogP contribution in [0.15, 0.2) is 53.9 Å². The molecule has 3 rings (SSSR count). The summed E-state index contributed by atoms with van der Waals surface area (Å²) in [5.41, 5.74) is 2.50. The SMILES string of the molecule is COc1cc(C=O)ccc1OCc1csc(-c2ccccc2)n1. The number of carbonyl (C=O) groups excluding carboxylic acids is 1. The van der Waals surface area contributed by atoms with Crippen LogP contribution in [0.5, 0.6) is 11.5 Å². The number of ether oxygens (including phenoxy) is 2. The van der Waals surface area contributed by atoms with Gasteiger partial charge >= 0.3 is 0 Å². The summed E-state index contributed by atoms with van der Waals surface area (Å²) in [5, 5.41) is 2.95. The predicted molar refractivity (Wildman–Crippen MR) is 90.3 cm³/mol. The van der Waals surface area contributed by atoms with Crippen molar-refractivity contribution in [1.29, 1.82) is 0 Å². The topological polar surface area (TPSA) is 48.4 Å². The highest BCUT2D eigenvalue weighted by Crippen LogP contribution is 2.29. The molecular formula is C18H15NO3S. The van der Waals surface area contributed by atoms with E-state index in [0.29, 0.717) is 23.7 Å². The molecule has 2 aromatic carbocycles. The Hall–Kier alpha value is -2.66. The number of aldehydes is 1. The summed E-state index contributed by atoms with van der Waals surface area (Å²) < 4.78 is 11.0. The molecule has 4 nitrogen and oxygen atoms in total. The maximum atomic E-state index is 10.8. The maximum Gasteiger partial charge on any atom is 0.161 e. The van der Waals surface area contributed by atoms with E-state index in [4.69, 9.17) is 9.47 Å². The van der Waals surface area contributed by atoms with Crippen LogP contribution in [0.3, 0.4) is 0 Å². The number of hydrogen-bond donors (Lipinski definition) is 0. The number of thiazole rings is 1. The summed E-state index contributed by atoms with van der Waals surface area (Å²) in [7, 11) is 1.55.